The molecule has 1 fully saturated rings. The smallest absolute Gasteiger partial charge is 0.229 e. The molecule has 0 radical (unpaired) electrons. The Balaban J connectivity index is 1.72. The van der Waals surface area contributed by atoms with Gasteiger partial charge in [0.05, 0.1) is 5.92 Å². The maximum Gasteiger partial charge on any atom is 0.229 e. The van der Waals surface area contributed by atoms with E-state index in [1.54, 1.807) is 4.90 Å². The number of nitrogens with zero attached hydrogens (tertiary/aromatic N) is 1. The molecule has 2 amide bonds. The van der Waals surface area contributed by atoms with Crippen LogP contribution < -0.4 is 10.2 Å². The minimum absolute atomic E-state index is 0.00414. The minimum Gasteiger partial charge on any atom is -0.326 e. The molecule has 1 aliphatic rings. The number of carbonyl (C=O) groups excluding carboxylic acids is 2. The van der Waals surface area contributed by atoms with Crippen LogP contribution >= 0.6 is 15.9 Å². The number of hydrogen-bond donors (Lipinski definition) is 1. The van der Waals surface area contributed by atoms with Gasteiger partial charge in [-0.3, -0.25) is 9.59 Å². The van der Waals surface area contributed by atoms with Gasteiger partial charge in [0.15, 0.2) is 0 Å². The highest BCUT2D eigenvalue weighted by atomic mass is 79.9. The van der Waals surface area contributed by atoms with Gasteiger partial charge < -0.3 is 10.2 Å². The second kappa shape index (κ2) is 7.40. The Morgan fingerprint density at radius 1 is 1.24 bits per heavy atom. The number of nitrogens with one attached hydrogen (secondary N) is 1. The third-order valence-corrected chi connectivity index (χ3v) is 5.04. The fourth-order valence-corrected chi connectivity index (χ4v) is 3.48. The summed E-state index contributed by atoms with van der Waals surface area (Å²) in [6.07, 6.45) is 1.08. The zero-order valence-corrected chi connectivity index (χ0v) is 16.0. The molecular formula is C20H21BrN2O2. The molecule has 25 heavy (non-hydrogen) atoms. The summed E-state index contributed by atoms with van der Waals surface area (Å²) in [5.41, 5.74) is 3.88. The van der Waals surface area contributed by atoms with E-state index in [0.29, 0.717) is 6.54 Å². The van der Waals surface area contributed by atoms with Crippen molar-refractivity contribution >= 4 is 39.1 Å². The molecule has 4 nitrogen and oxygen atoms in total. The van der Waals surface area contributed by atoms with Gasteiger partial charge in [-0.2, -0.15) is 0 Å². The molecule has 0 bridgehead atoms. The SMILES string of the molecule is CCc1cc(Br)ccc1NC(=O)[C@@H]1CC(=O)N(c2ccc(C)cc2)C1. The molecule has 0 spiro atoms. The highest BCUT2D eigenvalue weighted by molar-refractivity contribution is 9.10. The lowest BCUT2D eigenvalue weighted by Crippen LogP contribution is -2.28. The zero-order valence-electron chi connectivity index (χ0n) is 14.4. The van der Waals surface area contributed by atoms with Crippen molar-refractivity contribution in [1.29, 1.82) is 0 Å². The lowest BCUT2D eigenvalue weighted by Gasteiger charge is -2.17. The van der Waals surface area contributed by atoms with Crippen molar-refractivity contribution in [3.8, 4) is 0 Å². The molecule has 130 valence electrons. The zero-order chi connectivity index (χ0) is 18.0. The lowest BCUT2D eigenvalue weighted by atomic mass is 10.1. The van der Waals surface area contributed by atoms with E-state index in [9.17, 15) is 9.59 Å². The van der Waals surface area contributed by atoms with Crippen molar-refractivity contribution in [3.05, 3.63) is 58.1 Å². The summed E-state index contributed by atoms with van der Waals surface area (Å²) in [5.74, 6) is -0.433. The number of rotatable bonds is 4. The molecule has 1 atom stereocenters. The van der Waals surface area contributed by atoms with Crippen LogP contribution in [0.5, 0.6) is 0 Å². The number of anilines is 2. The van der Waals surface area contributed by atoms with Gasteiger partial charge in [0, 0.05) is 28.8 Å². The van der Waals surface area contributed by atoms with Crippen molar-refractivity contribution in [3.63, 3.8) is 0 Å². The average Bonchev–Trinajstić information content (AvgIpc) is 2.99. The van der Waals surface area contributed by atoms with E-state index in [0.717, 1.165) is 33.4 Å². The fourth-order valence-electron chi connectivity index (χ4n) is 3.07. The Hall–Kier alpha value is -2.14. The number of aryl methyl sites for hydroxylation is 2. The van der Waals surface area contributed by atoms with E-state index < -0.39 is 0 Å². The number of carbonyl (C=O) groups is 2. The highest BCUT2D eigenvalue weighted by Crippen LogP contribution is 2.27. The predicted molar refractivity (Wildman–Crippen MR) is 104 cm³/mol. The molecule has 0 unspecified atom stereocenters. The second-order valence-corrected chi connectivity index (χ2v) is 7.30. The Morgan fingerprint density at radius 2 is 1.96 bits per heavy atom. The van der Waals surface area contributed by atoms with Gasteiger partial charge in [-0.25, -0.2) is 0 Å². The standard InChI is InChI=1S/C20H21BrN2O2/c1-3-14-10-16(21)6-9-18(14)22-20(25)15-11-19(24)23(12-15)17-7-4-13(2)5-8-17/h4-10,15H,3,11-12H2,1-2H3,(H,22,25)/t15-/m1/s1. The molecule has 1 aliphatic heterocycles. The van der Waals surface area contributed by atoms with Crippen molar-refractivity contribution in [2.75, 3.05) is 16.8 Å². The summed E-state index contributed by atoms with van der Waals surface area (Å²) in [5, 5.41) is 2.99. The average molecular weight is 401 g/mol. The first-order valence-corrected chi connectivity index (χ1v) is 9.23. The van der Waals surface area contributed by atoms with Crippen LogP contribution in [0.2, 0.25) is 0 Å². The molecule has 5 heteroatoms. The number of hydrogen-bond acceptors (Lipinski definition) is 2. The van der Waals surface area contributed by atoms with Gasteiger partial charge in [0.1, 0.15) is 0 Å². The molecule has 2 aromatic rings. The molecule has 3 rings (SSSR count). The molecule has 1 heterocycles. The van der Waals surface area contributed by atoms with Crippen LogP contribution in [0.3, 0.4) is 0 Å². The lowest BCUT2D eigenvalue weighted by molar-refractivity contribution is -0.122. The summed E-state index contributed by atoms with van der Waals surface area (Å²) in [7, 11) is 0. The number of benzene rings is 2. The predicted octanol–water partition coefficient (Wildman–Crippen LogP) is 4.31. The van der Waals surface area contributed by atoms with Crippen LogP contribution in [0.25, 0.3) is 0 Å². The maximum atomic E-state index is 12.6. The van der Waals surface area contributed by atoms with Gasteiger partial charge in [-0.05, 0) is 49.2 Å². The van der Waals surface area contributed by atoms with E-state index in [1.165, 1.54) is 0 Å². The van der Waals surface area contributed by atoms with Crippen molar-refractivity contribution in [2.45, 2.75) is 26.7 Å². The van der Waals surface area contributed by atoms with Crippen LogP contribution in [-0.2, 0) is 16.0 Å². The molecule has 0 saturated carbocycles. The summed E-state index contributed by atoms with van der Waals surface area (Å²) < 4.78 is 0.990. The summed E-state index contributed by atoms with van der Waals surface area (Å²) >= 11 is 3.45. The van der Waals surface area contributed by atoms with Gasteiger partial charge in [0.25, 0.3) is 0 Å². The monoisotopic (exact) mass is 400 g/mol. The largest absolute Gasteiger partial charge is 0.326 e. The van der Waals surface area contributed by atoms with Gasteiger partial charge in [-0.15, -0.1) is 0 Å². The van der Waals surface area contributed by atoms with Crippen molar-refractivity contribution in [2.24, 2.45) is 5.92 Å². The number of halogens is 1. The minimum atomic E-state index is -0.331. The quantitative estimate of drug-likeness (QED) is 0.830. The summed E-state index contributed by atoms with van der Waals surface area (Å²) in [6.45, 7) is 4.48. The third-order valence-electron chi connectivity index (χ3n) is 4.55. The van der Waals surface area contributed by atoms with Gasteiger partial charge in [0.2, 0.25) is 11.8 Å². The van der Waals surface area contributed by atoms with Gasteiger partial charge >= 0.3 is 0 Å². The van der Waals surface area contributed by atoms with Crippen LogP contribution in [0.15, 0.2) is 46.9 Å². The first kappa shape index (κ1) is 17.7. The molecule has 0 aromatic heterocycles. The fraction of sp³-hybridized carbons (Fsp3) is 0.300. The maximum absolute atomic E-state index is 12.6. The Labute approximate surface area is 156 Å². The summed E-state index contributed by atoms with van der Waals surface area (Å²) in [6, 6.07) is 13.6. The topological polar surface area (TPSA) is 49.4 Å². The second-order valence-electron chi connectivity index (χ2n) is 6.39. The first-order valence-electron chi connectivity index (χ1n) is 8.44. The summed E-state index contributed by atoms with van der Waals surface area (Å²) in [4.78, 5) is 26.7. The highest BCUT2D eigenvalue weighted by Gasteiger charge is 2.35. The molecule has 0 aliphatic carbocycles. The van der Waals surface area contributed by atoms with E-state index in [2.05, 4.69) is 28.2 Å². The van der Waals surface area contributed by atoms with Crippen molar-refractivity contribution < 1.29 is 9.59 Å². The number of amides is 2. The van der Waals surface area contributed by atoms with Crippen LogP contribution in [-0.4, -0.2) is 18.4 Å². The Kier molecular flexibility index (Phi) is 5.23. The van der Waals surface area contributed by atoms with E-state index in [-0.39, 0.29) is 24.2 Å². The van der Waals surface area contributed by atoms with Crippen LogP contribution in [0.4, 0.5) is 11.4 Å². The van der Waals surface area contributed by atoms with Crippen molar-refractivity contribution in [1.82, 2.24) is 0 Å². The molecular weight excluding hydrogens is 380 g/mol. The Bertz CT molecular complexity index is 802. The molecule has 1 saturated heterocycles. The Morgan fingerprint density at radius 3 is 2.64 bits per heavy atom. The molecule has 1 N–H and O–H groups in total. The van der Waals surface area contributed by atoms with Crippen LogP contribution in [0.1, 0.15) is 24.5 Å². The van der Waals surface area contributed by atoms with E-state index in [4.69, 9.17) is 0 Å². The van der Waals surface area contributed by atoms with E-state index in [1.807, 2.05) is 49.4 Å². The normalized spacial score (nSPS) is 17.0. The van der Waals surface area contributed by atoms with Gasteiger partial charge in [-0.1, -0.05) is 40.5 Å². The van der Waals surface area contributed by atoms with E-state index >= 15 is 0 Å². The van der Waals surface area contributed by atoms with Crippen LogP contribution in [0, 0.1) is 12.8 Å². The first-order chi connectivity index (χ1) is 12.0. The third kappa shape index (κ3) is 3.93. The molecule has 2 aromatic carbocycles.